The summed E-state index contributed by atoms with van der Waals surface area (Å²) in [5, 5.41) is 0. The van der Waals surface area contributed by atoms with Crippen molar-refractivity contribution in [3.63, 3.8) is 0 Å². The van der Waals surface area contributed by atoms with Gasteiger partial charge in [0.15, 0.2) is 6.10 Å². The van der Waals surface area contributed by atoms with Crippen LogP contribution >= 0.6 is 0 Å². The summed E-state index contributed by atoms with van der Waals surface area (Å²) in [4.78, 5) is 38.2. The monoisotopic (exact) mass is 987 g/mol. The fourth-order valence-electron chi connectivity index (χ4n) is 8.08. The van der Waals surface area contributed by atoms with Gasteiger partial charge in [0.2, 0.25) is 0 Å². The zero-order chi connectivity index (χ0) is 51.4. The van der Waals surface area contributed by atoms with Gasteiger partial charge in [0.05, 0.1) is 0 Å². The minimum Gasteiger partial charge on any atom is -0.462 e. The molecule has 6 nitrogen and oxygen atoms in total. The lowest BCUT2D eigenvalue weighted by atomic mass is 10.1. The first-order chi connectivity index (χ1) is 35.0. The van der Waals surface area contributed by atoms with Crippen molar-refractivity contribution in [3.05, 3.63) is 97.2 Å². The molecule has 0 rings (SSSR count). The lowest BCUT2D eigenvalue weighted by Gasteiger charge is -2.18. The first-order valence-corrected chi connectivity index (χ1v) is 29.7. The van der Waals surface area contributed by atoms with Crippen LogP contribution in [0.3, 0.4) is 0 Å². The molecule has 6 heteroatoms. The van der Waals surface area contributed by atoms with Crippen molar-refractivity contribution in [2.75, 3.05) is 13.2 Å². The Morgan fingerprint density at radius 3 is 0.915 bits per heavy atom. The smallest absolute Gasteiger partial charge is 0.306 e. The summed E-state index contributed by atoms with van der Waals surface area (Å²) in [6.07, 6.45) is 78.2. The number of carbonyl (C=O) groups is 3. The highest BCUT2D eigenvalue weighted by molar-refractivity contribution is 5.71. The molecular formula is C65H110O6. The van der Waals surface area contributed by atoms with Gasteiger partial charge in [-0.1, -0.05) is 234 Å². The molecule has 0 bridgehead atoms. The topological polar surface area (TPSA) is 78.9 Å². The maximum Gasteiger partial charge on any atom is 0.306 e. The molecule has 0 saturated carbocycles. The van der Waals surface area contributed by atoms with E-state index in [1.165, 1.54) is 116 Å². The third kappa shape index (κ3) is 57.1. The van der Waals surface area contributed by atoms with E-state index in [0.29, 0.717) is 12.8 Å². The van der Waals surface area contributed by atoms with Crippen molar-refractivity contribution in [2.24, 2.45) is 0 Å². The summed E-state index contributed by atoms with van der Waals surface area (Å²) in [6, 6.07) is 0. The molecule has 0 N–H and O–H groups in total. The Hall–Kier alpha value is -3.67. The average molecular weight is 988 g/mol. The number of hydrogen-bond acceptors (Lipinski definition) is 6. The van der Waals surface area contributed by atoms with Crippen molar-refractivity contribution in [1.82, 2.24) is 0 Å². The number of ether oxygens (including phenoxy) is 3. The van der Waals surface area contributed by atoms with Crippen LogP contribution in [0.25, 0.3) is 0 Å². The summed E-state index contributed by atoms with van der Waals surface area (Å²) in [7, 11) is 0. The van der Waals surface area contributed by atoms with E-state index in [0.717, 1.165) is 122 Å². The van der Waals surface area contributed by atoms with E-state index < -0.39 is 6.10 Å². The predicted octanol–water partition coefficient (Wildman–Crippen LogP) is 20.1. The summed E-state index contributed by atoms with van der Waals surface area (Å²) in [5.74, 6) is -0.943. The highest BCUT2D eigenvalue weighted by Crippen LogP contribution is 2.15. The second kappa shape index (κ2) is 58.9. The molecule has 0 amide bonds. The molecule has 0 aliphatic carbocycles. The van der Waals surface area contributed by atoms with Crippen LogP contribution in [0, 0.1) is 0 Å². The molecule has 0 fully saturated rings. The Morgan fingerprint density at radius 1 is 0.296 bits per heavy atom. The van der Waals surface area contributed by atoms with Crippen molar-refractivity contribution in [2.45, 2.75) is 284 Å². The van der Waals surface area contributed by atoms with Crippen LogP contribution in [-0.4, -0.2) is 37.2 Å². The largest absolute Gasteiger partial charge is 0.462 e. The van der Waals surface area contributed by atoms with E-state index in [2.05, 4.69) is 118 Å². The summed E-state index contributed by atoms with van der Waals surface area (Å²) >= 11 is 0. The number of esters is 3. The average Bonchev–Trinajstić information content (AvgIpc) is 3.37. The van der Waals surface area contributed by atoms with Gasteiger partial charge in [0.25, 0.3) is 0 Å². The molecule has 0 radical (unpaired) electrons. The zero-order valence-electron chi connectivity index (χ0n) is 46.5. The summed E-state index contributed by atoms with van der Waals surface area (Å²) in [6.45, 7) is 6.47. The number of rotatable bonds is 53. The third-order valence-electron chi connectivity index (χ3n) is 12.5. The molecule has 0 aliphatic heterocycles. The van der Waals surface area contributed by atoms with E-state index in [9.17, 15) is 14.4 Å². The normalized spacial score (nSPS) is 12.8. The van der Waals surface area contributed by atoms with Crippen molar-refractivity contribution in [1.29, 1.82) is 0 Å². The number of hydrogen-bond donors (Lipinski definition) is 0. The van der Waals surface area contributed by atoms with Crippen LogP contribution in [0.1, 0.15) is 278 Å². The zero-order valence-corrected chi connectivity index (χ0v) is 46.5. The molecule has 0 aliphatic rings. The second-order valence-electron chi connectivity index (χ2n) is 19.5. The minimum absolute atomic E-state index is 0.0973. The Kier molecular flexibility index (Phi) is 55.9. The predicted molar refractivity (Wildman–Crippen MR) is 307 cm³/mol. The Morgan fingerprint density at radius 2 is 0.549 bits per heavy atom. The summed E-state index contributed by atoms with van der Waals surface area (Å²) in [5.41, 5.74) is 0. The molecule has 0 unspecified atom stereocenters. The van der Waals surface area contributed by atoms with Crippen LogP contribution in [0.2, 0.25) is 0 Å². The molecule has 71 heavy (non-hydrogen) atoms. The van der Waals surface area contributed by atoms with E-state index in [1.54, 1.807) is 0 Å². The lowest BCUT2D eigenvalue weighted by Crippen LogP contribution is -2.30. The molecule has 0 aromatic carbocycles. The van der Waals surface area contributed by atoms with Gasteiger partial charge in [-0.25, -0.2) is 0 Å². The molecule has 0 aromatic heterocycles. The molecule has 0 heterocycles. The molecule has 0 spiro atoms. The second-order valence-corrected chi connectivity index (χ2v) is 19.5. The quantitative estimate of drug-likeness (QED) is 0.0261. The van der Waals surface area contributed by atoms with Gasteiger partial charge in [-0.3, -0.25) is 14.4 Å². The van der Waals surface area contributed by atoms with E-state index in [4.69, 9.17) is 14.2 Å². The van der Waals surface area contributed by atoms with Crippen LogP contribution < -0.4 is 0 Å². The van der Waals surface area contributed by atoms with Gasteiger partial charge < -0.3 is 14.2 Å². The highest BCUT2D eigenvalue weighted by Gasteiger charge is 2.19. The van der Waals surface area contributed by atoms with E-state index >= 15 is 0 Å². The molecular weight excluding hydrogens is 877 g/mol. The third-order valence-corrected chi connectivity index (χ3v) is 12.5. The van der Waals surface area contributed by atoms with Gasteiger partial charge in [-0.05, 0) is 122 Å². The minimum atomic E-state index is -0.804. The maximum absolute atomic E-state index is 12.9. The van der Waals surface area contributed by atoms with Crippen molar-refractivity contribution >= 4 is 17.9 Å². The molecule has 0 aromatic rings. The van der Waals surface area contributed by atoms with Gasteiger partial charge in [0.1, 0.15) is 13.2 Å². The highest BCUT2D eigenvalue weighted by atomic mass is 16.6. The molecule has 406 valence electrons. The first-order valence-electron chi connectivity index (χ1n) is 29.7. The molecule has 1 atom stereocenters. The Labute approximate surface area is 438 Å². The van der Waals surface area contributed by atoms with Gasteiger partial charge in [-0.15, -0.1) is 0 Å². The van der Waals surface area contributed by atoms with E-state index in [1.807, 2.05) is 0 Å². The Balaban J connectivity index is 4.46. The van der Waals surface area contributed by atoms with Crippen molar-refractivity contribution < 1.29 is 28.6 Å². The molecule has 0 saturated heterocycles. The summed E-state index contributed by atoms with van der Waals surface area (Å²) < 4.78 is 16.9. The Bertz CT molecular complexity index is 1410. The van der Waals surface area contributed by atoms with Crippen LogP contribution in [-0.2, 0) is 28.6 Å². The maximum atomic E-state index is 12.9. The van der Waals surface area contributed by atoms with Gasteiger partial charge in [-0.2, -0.15) is 0 Å². The fraction of sp³-hybridized carbons (Fsp3) is 0.708. The van der Waals surface area contributed by atoms with Crippen LogP contribution in [0.15, 0.2) is 97.2 Å². The van der Waals surface area contributed by atoms with E-state index in [-0.39, 0.29) is 37.5 Å². The number of unbranched alkanes of at least 4 members (excludes halogenated alkanes) is 26. The van der Waals surface area contributed by atoms with Crippen molar-refractivity contribution in [3.8, 4) is 0 Å². The van der Waals surface area contributed by atoms with Gasteiger partial charge in [0, 0.05) is 19.3 Å². The standard InChI is InChI=1S/C65H110O6/c1-4-7-10-13-16-19-22-25-28-30-32-34-37-40-43-46-49-52-55-58-64(67)70-61-62(60-69-63(66)57-54-51-48-45-42-39-36-27-24-21-18-15-12-9-6-3)71-65(68)59-56-53-50-47-44-41-38-35-33-31-29-26-23-20-17-14-11-8-5-2/h9,12,17-18,20-21,25-29,33,35-36,41,44,62H,4-8,10-11,13-16,19,22-24,30-32,34,37-40,42-43,45-61H2,1-3H3/b12-9-,20-17-,21-18-,28-25-,29-26-,35-33-,36-27-,44-41-/t62-/m1/s1. The SMILES string of the molecule is CC/C=C\C/C=C\C/C=C\CCCCCCCC(=O)OC[C@H](COC(=O)CCCCCCCCCCC/C=C\CCCCCCCC)OC(=O)CCCCC/C=C\C/C=C\C/C=C\C/C=C\CCCCC. The first kappa shape index (κ1) is 67.3. The number of carbonyl (C=O) groups excluding carboxylic acids is 3. The van der Waals surface area contributed by atoms with Crippen LogP contribution in [0.5, 0.6) is 0 Å². The fourth-order valence-corrected chi connectivity index (χ4v) is 8.08. The van der Waals surface area contributed by atoms with Crippen LogP contribution in [0.4, 0.5) is 0 Å². The lowest BCUT2D eigenvalue weighted by molar-refractivity contribution is -0.167. The van der Waals surface area contributed by atoms with Gasteiger partial charge >= 0.3 is 17.9 Å². The number of allylic oxidation sites excluding steroid dienone is 16.